The summed E-state index contributed by atoms with van der Waals surface area (Å²) in [5.74, 6) is 0. The normalized spacial score (nSPS) is 12.1. The third kappa shape index (κ3) is 4.37. The molecule has 0 unspecified atom stereocenters. The van der Waals surface area contributed by atoms with Crippen LogP contribution in [0.5, 0.6) is 0 Å². The number of H-pyrrole nitrogens is 2. The molecule has 2 aromatic heterocycles. The molecule has 182 valence electrons. The number of rotatable bonds is 6. The van der Waals surface area contributed by atoms with E-state index in [4.69, 9.17) is 23.2 Å². The summed E-state index contributed by atoms with van der Waals surface area (Å²) in [6.45, 7) is 0. The molecule has 5 rings (SSSR count). The van der Waals surface area contributed by atoms with Crippen LogP contribution in [0.4, 0.5) is 0 Å². The summed E-state index contributed by atoms with van der Waals surface area (Å²) in [6, 6.07) is 19.0. The van der Waals surface area contributed by atoms with Crippen LogP contribution in [-0.4, -0.2) is 26.8 Å². The molecule has 0 amide bonds. The number of sulfone groups is 2. The SMILES string of the molecule is O=S(=O)(c1ccc(Cl)cc1)c1c[nH]cc1-c1ccc(-c2c[nH]cc2S(=O)(=O)c2ccc(Cl)cc2)cc1. The van der Waals surface area contributed by atoms with Gasteiger partial charge in [-0.1, -0.05) is 47.5 Å². The van der Waals surface area contributed by atoms with E-state index in [9.17, 15) is 16.8 Å². The van der Waals surface area contributed by atoms with Gasteiger partial charge >= 0.3 is 0 Å². The Hall–Kier alpha value is -3.30. The van der Waals surface area contributed by atoms with Crippen molar-refractivity contribution in [1.82, 2.24) is 9.97 Å². The summed E-state index contributed by atoms with van der Waals surface area (Å²) in [6.07, 6.45) is 6.11. The van der Waals surface area contributed by atoms with Crippen LogP contribution >= 0.6 is 23.2 Å². The fraction of sp³-hybridized carbons (Fsp3) is 0. The molecule has 5 aromatic rings. The minimum absolute atomic E-state index is 0.130. The second kappa shape index (κ2) is 9.29. The first-order valence-corrected chi connectivity index (χ1v) is 14.4. The fourth-order valence-electron chi connectivity index (χ4n) is 3.91. The van der Waals surface area contributed by atoms with Crippen molar-refractivity contribution >= 4 is 42.9 Å². The van der Waals surface area contributed by atoms with E-state index in [0.29, 0.717) is 32.3 Å². The van der Waals surface area contributed by atoms with E-state index in [0.717, 1.165) is 0 Å². The van der Waals surface area contributed by atoms with Gasteiger partial charge < -0.3 is 9.97 Å². The maximum atomic E-state index is 13.2. The molecule has 36 heavy (non-hydrogen) atoms. The van der Waals surface area contributed by atoms with Crippen molar-refractivity contribution < 1.29 is 16.8 Å². The number of hydrogen-bond acceptors (Lipinski definition) is 4. The van der Waals surface area contributed by atoms with Crippen LogP contribution in [0.1, 0.15) is 0 Å². The Bertz CT molecular complexity index is 1620. The minimum atomic E-state index is -3.79. The molecule has 0 saturated carbocycles. The highest BCUT2D eigenvalue weighted by Gasteiger charge is 2.25. The Labute approximate surface area is 218 Å². The molecule has 0 aliphatic heterocycles. The number of benzene rings is 3. The van der Waals surface area contributed by atoms with Crippen LogP contribution in [0, 0.1) is 0 Å². The van der Waals surface area contributed by atoms with Gasteiger partial charge in [0.05, 0.1) is 19.6 Å². The molecule has 0 saturated heterocycles. The summed E-state index contributed by atoms with van der Waals surface area (Å²) in [4.78, 5) is 6.28. The predicted molar refractivity (Wildman–Crippen MR) is 140 cm³/mol. The van der Waals surface area contributed by atoms with Gasteiger partial charge in [-0.05, 0) is 59.7 Å². The molecule has 6 nitrogen and oxygen atoms in total. The fourth-order valence-corrected chi connectivity index (χ4v) is 7.03. The largest absolute Gasteiger partial charge is 0.366 e. The molecule has 0 spiro atoms. The smallest absolute Gasteiger partial charge is 0.208 e. The van der Waals surface area contributed by atoms with Gasteiger partial charge in [-0.3, -0.25) is 0 Å². The predicted octanol–water partition coefficient (Wildman–Crippen LogP) is 6.65. The van der Waals surface area contributed by atoms with Gasteiger partial charge in [0, 0.05) is 46.0 Å². The van der Waals surface area contributed by atoms with E-state index in [1.54, 1.807) is 36.7 Å². The summed E-state index contributed by atoms with van der Waals surface area (Å²) < 4.78 is 52.9. The van der Waals surface area contributed by atoms with Crippen molar-refractivity contribution in [2.75, 3.05) is 0 Å². The topological polar surface area (TPSA) is 99.9 Å². The van der Waals surface area contributed by atoms with E-state index in [1.807, 2.05) is 0 Å². The standard InChI is InChI=1S/C26H18Cl2N2O4S2/c27-19-5-9-21(10-6-19)35(31,32)25-15-29-13-23(25)17-1-2-18(4-3-17)24-14-30-16-26(24)36(33,34)22-11-7-20(28)8-12-22/h1-16,29-30H. The van der Waals surface area contributed by atoms with Crippen LogP contribution in [0.2, 0.25) is 10.0 Å². The van der Waals surface area contributed by atoms with Crippen molar-refractivity contribution in [3.63, 3.8) is 0 Å². The number of halogens is 2. The van der Waals surface area contributed by atoms with E-state index < -0.39 is 19.7 Å². The molecule has 0 aliphatic carbocycles. The van der Waals surface area contributed by atoms with Gasteiger partial charge in [0.25, 0.3) is 0 Å². The van der Waals surface area contributed by atoms with Crippen LogP contribution < -0.4 is 0 Å². The monoisotopic (exact) mass is 556 g/mol. The quantitative estimate of drug-likeness (QED) is 0.244. The molecule has 2 heterocycles. The summed E-state index contributed by atoms with van der Waals surface area (Å²) in [5, 5.41) is 0.891. The van der Waals surface area contributed by atoms with E-state index in [2.05, 4.69) is 9.97 Å². The summed E-state index contributed by atoms with van der Waals surface area (Å²) >= 11 is 11.8. The first-order chi connectivity index (χ1) is 17.2. The van der Waals surface area contributed by atoms with Crippen molar-refractivity contribution in [1.29, 1.82) is 0 Å². The first kappa shape index (κ1) is 24.4. The highest BCUT2D eigenvalue weighted by atomic mass is 35.5. The third-order valence-corrected chi connectivity index (χ3v) is 9.87. The molecule has 0 aliphatic rings. The number of aromatic nitrogens is 2. The van der Waals surface area contributed by atoms with Crippen molar-refractivity contribution in [3.05, 3.63) is 108 Å². The maximum absolute atomic E-state index is 13.2. The molecule has 10 heteroatoms. The van der Waals surface area contributed by atoms with Crippen LogP contribution in [0.25, 0.3) is 22.3 Å². The molecule has 3 aromatic carbocycles. The lowest BCUT2D eigenvalue weighted by Gasteiger charge is -2.09. The minimum Gasteiger partial charge on any atom is -0.366 e. The van der Waals surface area contributed by atoms with Gasteiger partial charge in [-0.25, -0.2) is 16.8 Å². The van der Waals surface area contributed by atoms with E-state index in [1.165, 1.54) is 60.9 Å². The van der Waals surface area contributed by atoms with Gasteiger partial charge in [0.1, 0.15) is 0 Å². The lowest BCUT2D eigenvalue weighted by Crippen LogP contribution is -2.02. The number of hydrogen-bond donors (Lipinski definition) is 2. The van der Waals surface area contributed by atoms with Crippen LogP contribution in [0.15, 0.2) is 117 Å². The van der Waals surface area contributed by atoms with E-state index >= 15 is 0 Å². The van der Waals surface area contributed by atoms with Crippen LogP contribution in [-0.2, 0) is 19.7 Å². The molecular formula is C26H18Cl2N2O4S2. The average molecular weight is 557 g/mol. The van der Waals surface area contributed by atoms with Crippen molar-refractivity contribution in [2.24, 2.45) is 0 Å². The zero-order chi connectivity index (χ0) is 25.5. The Kier molecular flexibility index (Phi) is 6.30. The highest BCUT2D eigenvalue weighted by molar-refractivity contribution is 7.92. The lowest BCUT2D eigenvalue weighted by atomic mass is 10.0. The first-order valence-electron chi connectivity index (χ1n) is 10.6. The Morgan fingerprint density at radius 2 is 0.806 bits per heavy atom. The molecule has 0 radical (unpaired) electrons. The number of aromatic amines is 2. The zero-order valence-corrected chi connectivity index (χ0v) is 21.6. The maximum Gasteiger partial charge on any atom is 0.208 e. The zero-order valence-electron chi connectivity index (χ0n) is 18.4. The Morgan fingerprint density at radius 3 is 1.14 bits per heavy atom. The van der Waals surface area contributed by atoms with Gasteiger partial charge in [-0.2, -0.15) is 0 Å². The average Bonchev–Trinajstić information content (AvgIpc) is 3.56. The van der Waals surface area contributed by atoms with Gasteiger partial charge in [0.15, 0.2) is 0 Å². The van der Waals surface area contributed by atoms with Gasteiger partial charge in [0.2, 0.25) is 19.7 Å². The molecule has 0 atom stereocenters. The Balaban J connectivity index is 1.50. The van der Waals surface area contributed by atoms with Crippen LogP contribution in [0.3, 0.4) is 0 Å². The molecular weight excluding hydrogens is 539 g/mol. The highest BCUT2D eigenvalue weighted by Crippen LogP contribution is 2.35. The van der Waals surface area contributed by atoms with Crippen molar-refractivity contribution in [3.8, 4) is 22.3 Å². The van der Waals surface area contributed by atoms with Crippen molar-refractivity contribution in [2.45, 2.75) is 19.6 Å². The summed E-state index contributed by atoms with van der Waals surface area (Å²) in [7, 11) is -7.58. The molecule has 0 bridgehead atoms. The lowest BCUT2D eigenvalue weighted by molar-refractivity contribution is 0.594. The number of nitrogens with one attached hydrogen (secondary N) is 2. The summed E-state index contributed by atoms with van der Waals surface area (Å²) in [5.41, 5.74) is 2.31. The third-order valence-electron chi connectivity index (χ3n) is 5.75. The second-order valence-electron chi connectivity index (χ2n) is 7.96. The van der Waals surface area contributed by atoms with Gasteiger partial charge in [-0.15, -0.1) is 0 Å². The molecule has 2 N–H and O–H groups in total. The Morgan fingerprint density at radius 1 is 0.472 bits per heavy atom. The van der Waals surface area contributed by atoms with E-state index in [-0.39, 0.29) is 19.6 Å². The molecule has 0 fully saturated rings. The second-order valence-corrected chi connectivity index (χ2v) is 12.7.